The Balaban J connectivity index is 2.21. The molecule has 98 valence electrons. The van der Waals surface area contributed by atoms with Crippen LogP contribution in [0.3, 0.4) is 0 Å². The Morgan fingerprint density at radius 2 is 2.11 bits per heavy atom. The lowest BCUT2D eigenvalue weighted by Gasteiger charge is -1.98. The predicted octanol–water partition coefficient (Wildman–Crippen LogP) is 1.48. The highest BCUT2D eigenvalue weighted by Gasteiger charge is 2.14. The van der Waals surface area contributed by atoms with E-state index in [1.807, 2.05) is 25.2 Å². The molecule has 0 radical (unpaired) electrons. The Morgan fingerprint density at radius 1 is 1.37 bits per heavy atom. The van der Waals surface area contributed by atoms with Crippen LogP contribution in [0.2, 0.25) is 0 Å². The summed E-state index contributed by atoms with van der Waals surface area (Å²) in [5.74, 6) is 0. The monoisotopic (exact) mass is 321 g/mol. The molecule has 0 spiro atoms. The summed E-state index contributed by atoms with van der Waals surface area (Å²) in [5, 5.41) is 4.45. The smallest absolute Gasteiger partial charge is 0.323 e. The Morgan fingerprint density at radius 3 is 2.79 bits per heavy atom. The molecular formula is C12H12BrN5O. The van der Waals surface area contributed by atoms with E-state index in [1.165, 1.54) is 0 Å². The molecule has 19 heavy (non-hydrogen) atoms. The summed E-state index contributed by atoms with van der Waals surface area (Å²) in [6.45, 7) is 0.410. The molecule has 2 aromatic heterocycles. The van der Waals surface area contributed by atoms with Crippen molar-refractivity contribution in [2.24, 2.45) is 12.8 Å². The van der Waals surface area contributed by atoms with Crippen molar-refractivity contribution in [3.63, 3.8) is 0 Å². The van der Waals surface area contributed by atoms with E-state index < -0.39 is 0 Å². The Labute approximate surface area is 116 Å². The summed E-state index contributed by atoms with van der Waals surface area (Å²) in [4.78, 5) is 16.7. The van der Waals surface area contributed by atoms with Gasteiger partial charge in [-0.2, -0.15) is 5.10 Å². The van der Waals surface area contributed by atoms with Crippen molar-refractivity contribution < 1.29 is 0 Å². The molecule has 0 saturated carbocycles. The highest BCUT2D eigenvalue weighted by molar-refractivity contribution is 9.10. The lowest BCUT2D eigenvalue weighted by molar-refractivity contribution is 0.713. The lowest BCUT2D eigenvalue weighted by Crippen LogP contribution is -2.04. The van der Waals surface area contributed by atoms with E-state index in [4.69, 9.17) is 5.73 Å². The minimum Gasteiger partial charge on any atom is -0.325 e. The maximum atomic E-state index is 11.3. The standard InChI is InChI=1S/C12H12BrN5O/c1-18-9(5-14)10(13)11(17-18)6-2-3-7-8(4-6)16-12(19)15-7/h2-4H,5,14H2,1H3,(H2,15,16,19). The van der Waals surface area contributed by atoms with Crippen LogP contribution >= 0.6 is 15.9 Å². The second-order valence-electron chi connectivity index (χ2n) is 4.28. The highest BCUT2D eigenvalue weighted by Crippen LogP contribution is 2.30. The molecule has 3 aromatic rings. The van der Waals surface area contributed by atoms with Crippen molar-refractivity contribution in [2.45, 2.75) is 6.54 Å². The van der Waals surface area contributed by atoms with E-state index in [2.05, 4.69) is 31.0 Å². The number of nitrogens with two attached hydrogens (primary N) is 1. The molecule has 7 heteroatoms. The lowest BCUT2D eigenvalue weighted by atomic mass is 10.1. The molecule has 4 N–H and O–H groups in total. The molecule has 0 aliphatic heterocycles. The molecule has 0 unspecified atom stereocenters. The summed E-state index contributed by atoms with van der Waals surface area (Å²) in [6.07, 6.45) is 0. The molecule has 3 rings (SSSR count). The van der Waals surface area contributed by atoms with E-state index in [1.54, 1.807) is 4.68 Å². The number of rotatable bonds is 2. The number of hydrogen-bond donors (Lipinski definition) is 3. The molecule has 1 aromatic carbocycles. The maximum Gasteiger partial charge on any atom is 0.323 e. The van der Waals surface area contributed by atoms with Crippen LogP contribution in [-0.4, -0.2) is 19.7 Å². The molecular weight excluding hydrogens is 310 g/mol. The summed E-state index contributed by atoms with van der Waals surface area (Å²) in [7, 11) is 1.85. The zero-order chi connectivity index (χ0) is 13.6. The molecule has 2 heterocycles. The number of imidazole rings is 1. The van der Waals surface area contributed by atoms with Gasteiger partial charge in [0.2, 0.25) is 0 Å². The Hall–Kier alpha value is -1.86. The molecule has 0 saturated heterocycles. The minimum atomic E-state index is -0.213. The second kappa shape index (κ2) is 4.36. The van der Waals surface area contributed by atoms with Crippen LogP contribution in [0.1, 0.15) is 5.69 Å². The number of H-pyrrole nitrogens is 2. The third-order valence-corrected chi connectivity index (χ3v) is 3.92. The maximum absolute atomic E-state index is 11.3. The molecule has 0 atom stereocenters. The van der Waals surface area contributed by atoms with Gasteiger partial charge in [0.05, 0.1) is 21.2 Å². The molecule has 0 fully saturated rings. The van der Waals surface area contributed by atoms with Gasteiger partial charge < -0.3 is 15.7 Å². The number of benzene rings is 1. The number of fused-ring (bicyclic) bond motifs is 1. The number of aromatic nitrogens is 4. The second-order valence-corrected chi connectivity index (χ2v) is 5.07. The van der Waals surface area contributed by atoms with Crippen molar-refractivity contribution >= 4 is 27.0 Å². The van der Waals surface area contributed by atoms with Gasteiger partial charge in [0.25, 0.3) is 0 Å². The normalized spacial score (nSPS) is 11.3. The van der Waals surface area contributed by atoms with Gasteiger partial charge in [0, 0.05) is 19.2 Å². The fourth-order valence-electron chi connectivity index (χ4n) is 2.12. The van der Waals surface area contributed by atoms with Crippen LogP contribution in [0.5, 0.6) is 0 Å². The van der Waals surface area contributed by atoms with Crippen LogP contribution in [0.15, 0.2) is 27.5 Å². The average Bonchev–Trinajstić information content (AvgIpc) is 2.87. The number of aromatic amines is 2. The van der Waals surface area contributed by atoms with Crippen LogP contribution in [0.4, 0.5) is 0 Å². The first-order valence-corrected chi connectivity index (χ1v) is 6.53. The molecule has 6 nitrogen and oxygen atoms in total. The van der Waals surface area contributed by atoms with E-state index >= 15 is 0 Å². The van der Waals surface area contributed by atoms with E-state index in [0.717, 1.165) is 32.5 Å². The SMILES string of the molecule is Cn1nc(-c2ccc3[nH]c(=O)[nH]c3c2)c(Br)c1CN. The van der Waals surface area contributed by atoms with Crippen molar-refractivity contribution in [3.05, 3.63) is 38.9 Å². The van der Waals surface area contributed by atoms with Gasteiger partial charge in [-0.05, 0) is 28.1 Å². The van der Waals surface area contributed by atoms with Crippen LogP contribution in [-0.2, 0) is 13.6 Å². The van der Waals surface area contributed by atoms with Gasteiger partial charge in [0.15, 0.2) is 0 Å². The fraction of sp³-hybridized carbons (Fsp3) is 0.167. The molecule has 0 bridgehead atoms. The largest absolute Gasteiger partial charge is 0.325 e. The quantitative estimate of drug-likeness (QED) is 0.667. The van der Waals surface area contributed by atoms with Crippen LogP contribution < -0.4 is 11.4 Å². The summed E-state index contributed by atoms with van der Waals surface area (Å²) in [5.41, 5.74) is 9.68. The Kier molecular flexibility index (Phi) is 2.79. The predicted molar refractivity (Wildman–Crippen MR) is 76.7 cm³/mol. The summed E-state index contributed by atoms with van der Waals surface area (Å²) in [6, 6.07) is 5.66. The Bertz CT molecular complexity index is 813. The highest BCUT2D eigenvalue weighted by atomic mass is 79.9. The summed E-state index contributed by atoms with van der Waals surface area (Å²) >= 11 is 3.53. The minimum absolute atomic E-state index is 0.213. The first-order valence-electron chi connectivity index (χ1n) is 5.74. The zero-order valence-electron chi connectivity index (χ0n) is 10.2. The number of nitrogens with one attached hydrogen (secondary N) is 2. The molecule has 0 aliphatic rings. The third-order valence-electron chi connectivity index (χ3n) is 3.08. The van der Waals surface area contributed by atoms with Crippen molar-refractivity contribution in [3.8, 4) is 11.3 Å². The third kappa shape index (κ3) is 1.91. The van der Waals surface area contributed by atoms with E-state index in [9.17, 15) is 4.79 Å². The van der Waals surface area contributed by atoms with Gasteiger partial charge in [-0.15, -0.1) is 0 Å². The fourth-order valence-corrected chi connectivity index (χ4v) is 2.85. The van der Waals surface area contributed by atoms with Gasteiger partial charge >= 0.3 is 5.69 Å². The topological polar surface area (TPSA) is 92.5 Å². The van der Waals surface area contributed by atoms with Gasteiger partial charge in [-0.3, -0.25) is 4.68 Å². The molecule has 0 aliphatic carbocycles. The van der Waals surface area contributed by atoms with Gasteiger partial charge in [-0.1, -0.05) is 6.07 Å². The van der Waals surface area contributed by atoms with Gasteiger partial charge in [-0.25, -0.2) is 4.79 Å². The summed E-state index contributed by atoms with van der Waals surface area (Å²) < 4.78 is 2.64. The van der Waals surface area contributed by atoms with E-state index in [0.29, 0.717) is 6.54 Å². The van der Waals surface area contributed by atoms with Crippen molar-refractivity contribution in [2.75, 3.05) is 0 Å². The van der Waals surface area contributed by atoms with Crippen molar-refractivity contribution in [1.82, 2.24) is 19.7 Å². The van der Waals surface area contributed by atoms with Crippen LogP contribution in [0.25, 0.3) is 22.3 Å². The number of hydrogen-bond acceptors (Lipinski definition) is 3. The first kappa shape index (κ1) is 12.2. The first-order chi connectivity index (χ1) is 9.10. The van der Waals surface area contributed by atoms with Crippen molar-refractivity contribution in [1.29, 1.82) is 0 Å². The average molecular weight is 322 g/mol. The van der Waals surface area contributed by atoms with Crippen LogP contribution in [0, 0.1) is 0 Å². The zero-order valence-corrected chi connectivity index (χ0v) is 11.8. The molecule has 0 amide bonds. The van der Waals surface area contributed by atoms with Gasteiger partial charge in [0.1, 0.15) is 5.69 Å². The number of nitrogens with zero attached hydrogens (tertiary/aromatic N) is 2. The van der Waals surface area contributed by atoms with E-state index in [-0.39, 0.29) is 5.69 Å². The number of aryl methyl sites for hydroxylation is 1. The number of halogens is 1.